The molecule has 37 heavy (non-hydrogen) atoms. The Bertz CT molecular complexity index is 1580. The zero-order valence-electron chi connectivity index (χ0n) is 20.5. The normalized spacial score (nSPS) is 11.8. The minimum Gasteiger partial charge on any atom is -0.505 e. The molecule has 0 saturated carbocycles. The van der Waals surface area contributed by atoms with Gasteiger partial charge in [-0.25, -0.2) is 5.11 Å². The molecule has 0 aliphatic rings. The van der Waals surface area contributed by atoms with E-state index >= 15 is 0 Å². The topological polar surface area (TPSA) is 125 Å². The third-order valence-corrected chi connectivity index (χ3v) is 6.61. The van der Waals surface area contributed by atoms with Crippen molar-refractivity contribution < 1.29 is 50.4 Å². The molecule has 9 nitrogen and oxygen atoms in total. The first-order chi connectivity index (χ1) is 17.3. The molecule has 0 spiro atoms. The van der Waals surface area contributed by atoms with Crippen molar-refractivity contribution in [3.05, 3.63) is 78.4 Å². The second-order valence-electron chi connectivity index (χ2n) is 7.78. The van der Waals surface area contributed by atoms with Gasteiger partial charge < -0.3 is 10.4 Å². The average Bonchev–Trinajstić information content (AvgIpc) is 2.88. The van der Waals surface area contributed by atoms with Crippen molar-refractivity contribution in [2.75, 3.05) is 19.0 Å². The molecule has 1 radical (unpaired) electrons. The fourth-order valence-electron chi connectivity index (χ4n) is 3.50. The van der Waals surface area contributed by atoms with Crippen molar-refractivity contribution in [2.45, 2.75) is 18.7 Å². The molecule has 4 aromatic rings. The zero-order chi connectivity index (χ0) is 25.7. The van der Waals surface area contributed by atoms with Crippen LogP contribution in [-0.2, 0) is 47.0 Å². The van der Waals surface area contributed by atoms with E-state index in [0.29, 0.717) is 28.7 Å². The number of benzene rings is 4. The van der Waals surface area contributed by atoms with Crippen LogP contribution in [0.15, 0.2) is 92.1 Å². The van der Waals surface area contributed by atoms with Crippen molar-refractivity contribution in [3.63, 3.8) is 0 Å². The van der Waals surface area contributed by atoms with Crippen LogP contribution in [-0.4, -0.2) is 27.2 Å². The number of aromatic hydroxyl groups is 1. The van der Waals surface area contributed by atoms with Gasteiger partial charge in [0.25, 0.3) is 10.1 Å². The molecular weight excluding hydrogens is 567 g/mol. The first-order valence-electron chi connectivity index (χ1n) is 11.1. The number of nitrogens with zero attached hydrogens (tertiary/aromatic N) is 4. The number of hydrogen-bond acceptors (Lipinski definition) is 9. The van der Waals surface area contributed by atoms with E-state index in [1.165, 1.54) is 6.07 Å². The summed E-state index contributed by atoms with van der Waals surface area (Å²) in [4.78, 5) is -0.294. The number of anilines is 1. The van der Waals surface area contributed by atoms with Crippen LogP contribution in [0.4, 0.5) is 28.4 Å². The summed E-state index contributed by atoms with van der Waals surface area (Å²) in [5, 5.41) is 31.7. The number of nitrogens with one attached hydrogen (secondary N) is 1. The van der Waals surface area contributed by atoms with E-state index < -0.39 is 10.1 Å². The molecule has 0 unspecified atom stereocenters. The average molecular weight is 591 g/mol. The SMILES string of the molecule is CCNc1ccc2c(O)c(N=Nc3[c-]cc(N=Nc4ccccc4)c(C)c3)c(S(=O)(=O)OC)cc2c1.[Y]. The Labute approximate surface area is 240 Å². The van der Waals surface area contributed by atoms with Gasteiger partial charge in [-0.05, 0) is 60.1 Å². The van der Waals surface area contributed by atoms with Gasteiger partial charge in [0.15, 0.2) is 5.75 Å². The Morgan fingerprint density at radius 1 is 1.00 bits per heavy atom. The van der Waals surface area contributed by atoms with Gasteiger partial charge in [-0.1, -0.05) is 25.1 Å². The van der Waals surface area contributed by atoms with E-state index in [9.17, 15) is 13.5 Å². The summed E-state index contributed by atoms with van der Waals surface area (Å²) >= 11 is 0. The number of phenolic OH excluding ortho intramolecular Hbond substituents is 1. The van der Waals surface area contributed by atoms with Gasteiger partial charge in [0.2, 0.25) is 0 Å². The van der Waals surface area contributed by atoms with Gasteiger partial charge in [0.1, 0.15) is 10.6 Å². The molecule has 4 aromatic carbocycles. The van der Waals surface area contributed by atoms with Crippen molar-refractivity contribution in [2.24, 2.45) is 20.5 Å². The van der Waals surface area contributed by atoms with Crippen LogP contribution in [0.1, 0.15) is 12.5 Å². The van der Waals surface area contributed by atoms with E-state index in [0.717, 1.165) is 24.0 Å². The second kappa shape index (κ2) is 12.5. The second-order valence-corrected chi connectivity index (χ2v) is 9.46. The molecule has 0 atom stereocenters. The predicted octanol–water partition coefficient (Wildman–Crippen LogP) is 7.25. The molecular formula is C26H24N5O4SY-. The molecule has 187 valence electrons. The molecule has 0 fully saturated rings. The molecule has 0 saturated heterocycles. The third kappa shape index (κ3) is 6.64. The number of rotatable bonds is 8. The van der Waals surface area contributed by atoms with Crippen molar-refractivity contribution >= 4 is 49.3 Å². The molecule has 0 aromatic heterocycles. The summed E-state index contributed by atoms with van der Waals surface area (Å²) < 4.78 is 30.0. The Balaban J connectivity index is 0.00000380. The fraction of sp³-hybridized carbons (Fsp3) is 0.154. The van der Waals surface area contributed by atoms with Crippen molar-refractivity contribution in [1.29, 1.82) is 0 Å². The summed E-state index contributed by atoms with van der Waals surface area (Å²) in [5.74, 6) is -0.320. The molecule has 0 aliphatic heterocycles. The smallest absolute Gasteiger partial charge is 0.299 e. The summed E-state index contributed by atoms with van der Waals surface area (Å²) in [5.41, 5.74) is 2.98. The number of azo groups is 2. The Morgan fingerprint density at radius 3 is 2.43 bits per heavy atom. The maximum Gasteiger partial charge on any atom is 0.299 e. The van der Waals surface area contributed by atoms with Crippen LogP contribution in [0.2, 0.25) is 0 Å². The van der Waals surface area contributed by atoms with Gasteiger partial charge >= 0.3 is 0 Å². The predicted molar refractivity (Wildman–Crippen MR) is 139 cm³/mol. The molecule has 11 heteroatoms. The third-order valence-electron chi connectivity index (χ3n) is 5.32. The summed E-state index contributed by atoms with van der Waals surface area (Å²) in [6.45, 7) is 4.47. The molecule has 0 aliphatic carbocycles. The summed E-state index contributed by atoms with van der Waals surface area (Å²) in [7, 11) is -3.14. The monoisotopic (exact) mass is 591 g/mol. The van der Waals surface area contributed by atoms with E-state index in [2.05, 4.69) is 31.8 Å². The van der Waals surface area contributed by atoms with E-state index in [4.69, 9.17) is 4.18 Å². The molecule has 2 N–H and O–H groups in total. The minimum absolute atomic E-state index is 0. The Hall–Kier alpha value is -3.05. The molecule has 0 bridgehead atoms. The maximum absolute atomic E-state index is 12.6. The molecule has 0 heterocycles. The van der Waals surface area contributed by atoms with Gasteiger partial charge in [-0.2, -0.15) is 24.7 Å². The van der Waals surface area contributed by atoms with E-state index in [1.54, 1.807) is 30.3 Å². The zero-order valence-corrected chi connectivity index (χ0v) is 24.2. The summed E-state index contributed by atoms with van der Waals surface area (Å²) in [6, 6.07) is 22.2. The van der Waals surface area contributed by atoms with Gasteiger partial charge in [0, 0.05) is 50.3 Å². The van der Waals surface area contributed by atoms with Crippen LogP contribution < -0.4 is 5.32 Å². The van der Waals surface area contributed by atoms with E-state index in [1.807, 2.05) is 44.2 Å². The van der Waals surface area contributed by atoms with Crippen LogP contribution in [0.5, 0.6) is 5.75 Å². The number of hydrogen-bond donors (Lipinski definition) is 2. The quantitative estimate of drug-likeness (QED) is 0.127. The van der Waals surface area contributed by atoms with Crippen LogP contribution in [0.3, 0.4) is 0 Å². The largest absolute Gasteiger partial charge is 0.505 e. The van der Waals surface area contributed by atoms with Crippen LogP contribution >= 0.6 is 0 Å². The standard InChI is InChI=1S/C26H24N5O4S.Y/c1-4-27-20-10-12-22-18(15-20)16-24(36(33,34)35-3)25(26(22)32)31-29-21-11-13-23(17(2)14-21)30-28-19-8-6-5-7-9-19;/h5-10,12-16,27,32H,4H2,1-3H3;/q-1;. The first kappa shape index (κ1) is 28.5. The van der Waals surface area contributed by atoms with Crippen molar-refractivity contribution in [1.82, 2.24) is 0 Å². The number of aryl methyl sites for hydroxylation is 1. The van der Waals surface area contributed by atoms with Gasteiger partial charge in [-0.15, -0.1) is 22.8 Å². The molecule has 0 amide bonds. The van der Waals surface area contributed by atoms with E-state index in [-0.39, 0.29) is 49.0 Å². The van der Waals surface area contributed by atoms with Gasteiger partial charge in [-0.3, -0.25) is 4.18 Å². The Morgan fingerprint density at radius 2 is 1.76 bits per heavy atom. The maximum atomic E-state index is 12.6. The number of phenols is 1. The fourth-order valence-corrected chi connectivity index (χ4v) is 4.32. The van der Waals surface area contributed by atoms with Crippen molar-refractivity contribution in [3.8, 4) is 5.75 Å². The Kier molecular flexibility index (Phi) is 9.61. The summed E-state index contributed by atoms with van der Waals surface area (Å²) in [6.07, 6.45) is 0. The number of fused-ring (bicyclic) bond motifs is 1. The van der Waals surface area contributed by atoms with Crippen LogP contribution in [0, 0.1) is 13.0 Å². The first-order valence-corrected chi connectivity index (χ1v) is 12.5. The van der Waals surface area contributed by atoms with Crippen LogP contribution in [0.25, 0.3) is 10.8 Å². The molecule has 4 rings (SSSR count). The van der Waals surface area contributed by atoms with Gasteiger partial charge in [0.05, 0.1) is 12.8 Å². The minimum atomic E-state index is -4.19.